The number of benzene rings is 2. The number of aliphatic carboxylic acids is 1. The number of hydrogen-bond acceptors (Lipinski definition) is 20. The second kappa shape index (κ2) is 27.3. The van der Waals surface area contributed by atoms with Gasteiger partial charge in [0.25, 0.3) is 23.6 Å². The molecule has 10 N–H and O–H groups in total. The van der Waals surface area contributed by atoms with Crippen LogP contribution in [0.15, 0.2) is 57.4 Å². The van der Waals surface area contributed by atoms with Crippen molar-refractivity contribution in [2.75, 3.05) is 44.0 Å². The number of methoxy groups -OCH3 is 1. The van der Waals surface area contributed by atoms with Crippen molar-refractivity contribution in [2.24, 2.45) is 11.5 Å². The number of carbonyl (C=O) groups excluding carboxylic acids is 10. The zero-order chi connectivity index (χ0) is 61.8. The van der Waals surface area contributed by atoms with Crippen LogP contribution in [0.3, 0.4) is 0 Å². The maximum Gasteiger partial charge on any atom is 0.328 e. The summed E-state index contributed by atoms with van der Waals surface area (Å²) in [5.74, 6) is -8.64. The number of rotatable bonds is 29. The highest BCUT2D eigenvalue weighted by molar-refractivity contribution is 6.14. The highest BCUT2D eigenvalue weighted by Gasteiger charge is 2.30. The van der Waals surface area contributed by atoms with E-state index in [1.54, 1.807) is 42.1 Å². The Morgan fingerprint density at radius 3 is 1.73 bits per heavy atom. The number of nitrogens with one attached hydrogen (secondary N) is 5. The van der Waals surface area contributed by atoms with E-state index in [1.165, 1.54) is 38.3 Å². The largest absolute Gasteiger partial charge is 0.494 e. The lowest BCUT2D eigenvalue weighted by Gasteiger charge is -2.20. The van der Waals surface area contributed by atoms with Crippen LogP contribution in [0, 0.1) is 13.8 Å². The molecule has 1 aliphatic heterocycles. The molecule has 9 amide bonds. The Morgan fingerprint density at radius 2 is 1.24 bits per heavy atom. The lowest BCUT2D eigenvalue weighted by atomic mass is 10.1. The summed E-state index contributed by atoms with van der Waals surface area (Å²) in [6.45, 7) is 6.24. The number of carbonyl (C=O) groups is 11. The van der Waals surface area contributed by atoms with Crippen LogP contribution in [0.2, 0.25) is 0 Å². The molecule has 0 bridgehead atoms. The van der Waals surface area contributed by atoms with Gasteiger partial charge in [-0.25, -0.2) is 24.7 Å². The molecular formula is C54H60N14O17. The van der Waals surface area contributed by atoms with E-state index < -0.39 is 103 Å². The number of imidazole rings is 2. The summed E-state index contributed by atoms with van der Waals surface area (Å²) in [5, 5.41) is 21.6. The number of amides is 9. The number of imide groups is 1. The summed E-state index contributed by atoms with van der Waals surface area (Å²) in [7, 11) is 1.39. The van der Waals surface area contributed by atoms with E-state index >= 15 is 0 Å². The van der Waals surface area contributed by atoms with Gasteiger partial charge < -0.3 is 64.7 Å². The number of fused-ring (bicyclic) bond motifs is 2. The average Bonchev–Trinajstić information content (AvgIpc) is 1.87. The molecule has 6 aromatic rings. The third kappa shape index (κ3) is 15.0. The first kappa shape index (κ1) is 61.9. The Hall–Kier alpha value is -10.8. The van der Waals surface area contributed by atoms with Crippen molar-refractivity contribution < 1.29 is 80.9 Å². The first-order valence-electron chi connectivity index (χ1n) is 26.3. The second-order valence-corrected chi connectivity index (χ2v) is 18.8. The zero-order valence-corrected chi connectivity index (χ0v) is 46.8. The van der Waals surface area contributed by atoms with Crippen LogP contribution in [-0.4, -0.2) is 150 Å². The van der Waals surface area contributed by atoms with Gasteiger partial charge in [-0.05, 0) is 50.5 Å². The molecule has 31 heteroatoms. The molecule has 2 atom stereocenters. The maximum absolute atomic E-state index is 13.9. The van der Waals surface area contributed by atoms with E-state index in [0.29, 0.717) is 34.6 Å². The molecule has 31 nitrogen and oxygen atoms in total. The van der Waals surface area contributed by atoms with Gasteiger partial charge in [0.1, 0.15) is 41.2 Å². The van der Waals surface area contributed by atoms with Crippen LogP contribution >= 0.6 is 0 Å². The normalized spacial score (nSPS) is 12.8. The number of carboxylic acid groups (broad SMARTS) is 1. The van der Waals surface area contributed by atoms with Crippen LogP contribution < -0.4 is 47.5 Å². The quantitative estimate of drug-likeness (QED) is 0.0142. The zero-order valence-electron chi connectivity index (χ0n) is 46.8. The number of hydrogen-bond donors (Lipinski definition) is 8. The smallest absolute Gasteiger partial charge is 0.328 e. The van der Waals surface area contributed by atoms with Crippen molar-refractivity contribution in [2.45, 2.75) is 91.9 Å². The molecule has 5 heterocycles. The van der Waals surface area contributed by atoms with E-state index in [0.717, 1.165) is 12.2 Å². The van der Waals surface area contributed by atoms with Gasteiger partial charge >= 0.3 is 11.9 Å². The van der Waals surface area contributed by atoms with E-state index in [9.17, 15) is 52.7 Å². The summed E-state index contributed by atoms with van der Waals surface area (Å²) in [6, 6.07) is 2.93. The predicted octanol–water partition coefficient (Wildman–Crippen LogP) is 1.28. The van der Waals surface area contributed by atoms with Gasteiger partial charge in [0.2, 0.25) is 53.0 Å². The lowest BCUT2D eigenvalue weighted by molar-refractivity contribution is -0.147. The molecule has 0 spiro atoms. The molecule has 0 saturated heterocycles. The molecule has 0 radical (unpaired) electrons. The molecule has 448 valence electrons. The average molecular weight is 1180 g/mol. The lowest BCUT2D eigenvalue weighted by Crippen LogP contribution is -2.52. The van der Waals surface area contributed by atoms with Gasteiger partial charge in [-0.2, -0.15) is 0 Å². The molecule has 85 heavy (non-hydrogen) atoms. The third-order valence-corrected chi connectivity index (χ3v) is 12.7. The number of nitrogens with two attached hydrogens (primary N) is 2. The number of allylic oxidation sites excluding steroid dienone is 2. The van der Waals surface area contributed by atoms with Crippen LogP contribution in [0.25, 0.3) is 22.1 Å². The standard InChI is InChI=1S/C54H60N14O17/c1-7-31-45(84-27(4)59-31)50(78)64-53-62-34-20-29(47(55)75)22-36(81-6)43(34)66(53)16-9-10-17-67-44-35(63-54(67)65-51(79)46-32(8-2)60-28(5)85-46)21-30(48(56)76)23-37(44)82-18-11-19-83-52(80)26(3)58-38(69)24-57-49(77)33(12-15-42(73)74)61-39(70)25-68-40(71)13-14-41(68)72/h9-10,13-14,20-23,26,33H,7-8,11-12,15-19,24-25H2,1-6H3,(H2,55,75)(H2,56,76)(H,57,77)(H,58,69)(H,61,70)(H,73,74)(H,62,64,78)(H,63,65,79)/b10-9+/t26-,33+/m1/s1. The minimum absolute atomic E-state index is 0.0128. The Bertz CT molecular complexity index is 3700. The van der Waals surface area contributed by atoms with Crippen molar-refractivity contribution in [1.82, 2.24) is 49.9 Å². The summed E-state index contributed by atoms with van der Waals surface area (Å²) in [4.78, 5) is 157. The van der Waals surface area contributed by atoms with E-state index in [4.69, 9.17) is 39.6 Å². The fraction of sp³-hybridized carbons (Fsp3) is 0.352. The molecular weight excluding hydrogens is 1120 g/mol. The Morgan fingerprint density at radius 1 is 0.718 bits per heavy atom. The number of carboxylic acids is 1. The number of anilines is 2. The van der Waals surface area contributed by atoms with E-state index in [-0.39, 0.29) is 107 Å². The van der Waals surface area contributed by atoms with Gasteiger partial charge in [0.15, 0.2) is 11.8 Å². The summed E-state index contributed by atoms with van der Waals surface area (Å²) < 4.78 is 31.7. The SMILES string of the molecule is CCc1nc(C)oc1C(=O)Nc1nc2cc(C(N)=O)cc(OC)c2n1C/C=C/Cn1c(NC(=O)c2oc(C)nc2CC)nc2cc(C(N)=O)cc(OCCCOC(=O)[C@@H](C)NC(=O)CNC(=O)[C@H](CCC(=O)O)NC(=O)CN3C(=O)C=CC3=O)c21. The van der Waals surface area contributed by atoms with Crippen molar-refractivity contribution in [3.05, 3.63) is 94.4 Å². The minimum atomic E-state index is -1.48. The minimum Gasteiger partial charge on any atom is -0.494 e. The Balaban J connectivity index is 1.06. The summed E-state index contributed by atoms with van der Waals surface area (Å²) in [6.07, 6.45) is 5.16. The number of primary amides is 2. The number of aryl methyl sites for hydroxylation is 4. The number of oxazole rings is 2. The number of esters is 1. The molecule has 4 aromatic heterocycles. The first-order valence-corrected chi connectivity index (χ1v) is 26.3. The van der Waals surface area contributed by atoms with Crippen molar-refractivity contribution in [3.63, 3.8) is 0 Å². The number of aromatic nitrogens is 6. The fourth-order valence-corrected chi connectivity index (χ4v) is 8.70. The van der Waals surface area contributed by atoms with Crippen LogP contribution in [0.5, 0.6) is 11.5 Å². The highest BCUT2D eigenvalue weighted by atomic mass is 16.5. The Kier molecular flexibility index (Phi) is 19.9. The molecule has 2 aromatic carbocycles. The van der Waals surface area contributed by atoms with E-state index in [1.807, 2.05) is 6.92 Å². The van der Waals surface area contributed by atoms with Gasteiger partial charge in [-0.15, -0.1) is 0 Å². The second-order valence-electron chi connectivity index (χ2n) is 18.8. The number of ether oxygens (including phenoxy) is 3. The maximum atomic E-state index is 13.9. The van der Waals surface area contributed by atoms with Crippen LogP contribution in [0.4, 0.5) is 11.9 Å². The Labute approximate surface area is 481 Å². The number of nitrogens with zero attached hydrogens (tertiary/aromatic N) is 7. The molecule has 1 aliphatic rings. The van der Waals surface area contributed by atoms with Crippen molar-refractivity contribution in [3.8, 4) is 11.5 Å². The van der Waals surface area contributed by atoms with Crippen molar-refractivity contribution >= 4 is 99.1 Å². The summed E-state index contributed by atoms with van der Waals surface area (Å²) >= 11 is 0. The molecule has 7 rings (SSSR count). The molecule has 0 unspecified atom stereocenters. The van der Waals surface area contributed by atoms with Crippen LogP contribution in [0.1, 0.15) is 105 Å². The first-order chi connectivity index (χ1) is 40.5. The van der Waals surface area contributed by atoms with Crippen LogP contribution in [-0.2, 0) is 64.2 Å². The summed E-state index contributed by atoms with van der Waals surface area (Å²) in [5.41, 5.74) is 13.3. The predicted molar refractivity (Wildman–Crippen MR) is 296 cm³/mol. The monoisotopic (exact) mass is 1180 g/mol. The molecule has 0 saturated carbocycles. The van der Waals surface area contributed by atoms with Gasteiger partial charge in [-0.1, -0.05) is 26.0 Å². The highest BCUT2D eigenvalue weighted by Crippen LogP contribution is 2.33. The third-order valence-electron chi connectivity index (χ3n) is 12.7. The molecule has 0 fully saturated rings. The van der Waals surface area contributed by atoms with Crippen molar-refractivity contribution in [1.29, 1.82) is 0 Å². The topological polar surface area (TPSA) is 439 Å². The van der Waals surface area contributed by atoms with E-state index in [2.05, 4.69) is 46.5 Å². The fourth-order valence-electron chi connectivity index (χ4n) is 8.70. The van der Waals surface area contributed by atoms with Gasteiger partial charge in [-0.3, -0.25) is 63.5 Å². The molecule has 0 aliphatic carbocycles. The van der Waals surface area contributed by atoms with Gasteiger partial charge in [0.05, 0.1) is 49.3 Å². The van der Waals surface area contributed by atoms with Gasteiger partial charge in [0, 0.05) is 63.1 Å².